The Balaban J connectivity index is 2.36. The van der Waals surface area contributed by atoms with E-state index in [-0.39, 0.29) is 32.0 Å². The lowest BCUT2D eigenvalue weighted by atomic mass is 9.99. The monoisotopic (exact) mass is 755 g/mol. The number of carbonyl (C=O) groups is 2. The molecular weight excluding hydrogens is 676 g/mol. The summed E-state index contributed by atoms with van der Waals surface area (Å²) in [6.45, 7) is 3.38. The number of rotatable bonds is 35. The molecule has 0 aromatic heterocycles. The van der Waals surface area contributed by atoms with Crippen LogP contribution in [0.25, 0.3) is 0 Å². The van der Waals surface area contributed by atoms with Crippen LogP contribution in [0.3, 0.4) is 0 Å². The average Bonchev–Trinajstić information content (AvgIpc) is 3.15. The van der Waals surface area contributed by atoms with Gasteiger partial charge in [0.25, 0.3) is 0 Å². The molecule has 0 radical (unpaired) electrons. The van der Waals surface area contributed by atoms with Crippen LogP contribution in [0.5, 0.6) is 0 Å². The van der Waals surface area contributed by atoms with Gasteiger partial charge in [-0.05, 0) is 44.9 Å². The lowest BCUT2D eigenvalue weighted by Crippen LogP contribution is -2.59. The Kier molecular flexibility index (Phi) is 32.2. The van der Waals surface area contributed by atoms with Crippen molar-refractivity contribution in [2.24, 2.45) is 0 Å². The summed E-state index contributed by atoms with van der Waals surface area (Å²) in [6.07, 6.45) is 28.9. The average molecular weight is 755 g/mol. The number of aliphatic hydroxyl groups excluding tert-OH is 4. The third-order valence-corrected chi connectivity index (χ3v) is 9.84. The number of allylic oxidation sites excluding steroid dienone is 4. The maximum absolute atomic E-state index is 12.7. The Morgan fingerprint density at radius 3 is 1.60 bits per heavy atom. The molecule has 4 N–H and O–H groups in total. The highest BCUT2D eigenvalue weighted by atomic mass is 16.7. The molecule has 310 valence electrons. The minimum Gasteiger partial charge on any atom is -0.462 e. The first-order valence-electron chi connectivity index (χ1n) is 21.4. The molecule has 0 aliphatic carbocycles. The van der Waals surface area contributed by atoms with E-state index in [1.54, 1.807) is 0 Å². The van der Waals surface area contributed by atoms with Gasteiger partial charge < -0.3 is 39.4 Å². The maximum Gasteiger partial charge on any atom is 0.306 e. The van der Waals surface area contributed by atoms with E-state index in [0.717, 1.165) is 57.8 Å². The van der Waals surface area contributed by atoms with Crippen molar-refractivity contribution in [2.45, 2.75) is 218 Å². The summed E-state index contributed by atoms with van der Waals surface area (Å²) in [5.41, 5.74) is 0. The minimum atomic E-state index is -1.59. The molecular formula is C43H78O10. The first-order chi connectivity index (χ1) is 25.8. The molecule has 0 aromatic rings. The molecule has 1 rings (SSSR count). The van der Waals surface area contributed by atoms with Crippen LogP contribution in [-0.4, -0.2) is 89.0 Å². The molecule has 0 aromatic carbocycles. The van der Waals surface area contributed by atoms with E-state index in [0.29, 0.717) is 6.42 Å². The zero-order valence-electron chi connectivity index (χ0n) is 33.5. The Morgan fingerprint density at radius 1 is 0.585 bits per heavy atom. The molecule has 1 aliphatic rings. The van der Waals surface area contributed by atoms with Crippen molar-refractivity contribution in [1.29, 1.82) is 0 Å². The van der Waals surface area contributed by atoms with Crippen LogP contribution in [0.15, 0.2) is 24.3 Å². The molecule has 10 nitrogen and oxygen atoms in total. The van der Waals surface area contributed by atoms with Gasteiger partial charge in [0.15, 0.2) is 12.4 Å². The second-order valence-electron chi connectivity index (χ2n) is 14.8. The van der Waals surface area contributed by atoms with Crippen LogP contribution in [-0.2, 0) is 28.5 Å². The highest BCUT2D eigenvalue weighted by molar-refractivity contribution is 5.70. The SMILES string of the molecule is CCCCC/C=C\C/C=C\CCCCCCCC(=O)O[C@H](COC(=O)CCCCCCCCCCCCCCC)CO[C@@H]1O[C@H](CO)[C@H](O)C(O)C1O. The summed E-state index contributed by atoms with van der Waals surface area (Å²) in [4.78, 5) is 25.2. The van der Waals surface area contributed by atoms with Crippen LogP contribution in [0.1, 0.15) is 181 Å². The highest BCUT2D eigenvalue weighted by Gasteiger charge is 2.44. The summed E-state index contributed by atoms with van der Waals surface area (Å²) in [7, 11) is 0. The molecule has 0 bridgehead atoms. The van der Waals surface area contributed by atoms with Crippen LogP contribution < -0.4 is 0 Å². The zero-order valence-corrected chi connectivity index (χ0v) is 33.5. The number of aliphatic hydroxyl groups is 4. The maximum atomic E-state index is 12.7. The van der Waals surface area contributed by atoms with Gasteiger partial charge in [0, 0.05) is 12.8 Å². The van der Waals surface area contributed by atoms with E-state index < -0.39 is 49.4 Å². The number of unbranched alkanes of at least 4 members (excludes halogenated alkanes) is 20. The van der Waals surface area contributed by atoms with Gasteiger partial charge in [-0.2, -0.15) is 0 Å². The van der Waals surface area contributed by atoms with Gasteiger partial charge in [-0.15, -0.1) is 0 Å². The Labute approximate surface area is 322 Å². The normalized spacial score (nSPS) is 21.1. The van der Waals surface area contributed by atoms with E-state index in [9.17, 15) is 30.0 Å². The van der Waals surface area contributed by atoms with Crippen LogP contribution in [0.2, 0.25) is 0 Å². The molecule has 1 aliphatic heterocycles. The van der Waals surface area contributed by atoms with Gasteiger partial charge >= 0.3 is 11.9 Å². The first kappa shape index (κ1) is 49.2. The predicted molar refractivity (Wildman–Crippen MR) is 210 cm³/mol. The van der Waals surface area contributed by atoms with Crippen LogP contribution in [0, 0.1) is 0 Å². The quantitative estimate of drug-likeness (QED) is 0.0281. The first-order valence-corrected chi connectivity index (χ1v) is 21.4. The third-order valence-electron chi connectivity index (χ3n) is 9.84. The van der Waals surface area contributed by atoms with Gasteiger partial charge in [0.05, 0.1) is 13.2 Å². The smallest absolute Gasteiger partial charge is 0.306 e. The molecule has 0 saturated carbocycles. The van der Waals surface area contributed by atoms with E-state index in [1.165, 1.54) is 89.9 Å². The van der Waals surface area contributed by atoms with Crippen molar-refractivity contribution in [3.05, 3.63) is 24.3 Å². The Bertz CT molecular complexity index is 923. The molecule has 10 heteroatoms. The van der Waals surface area contributed by atoms with Gasteiger partial charge in [-0.3, -0.25) is 9.59 Å². The van der Waals surface area contributed by atoms with Crippen molar-refractivity contribution in [1.82, 2.24) is 0 Å². The molecule has 0 amide bonds. The van der Waals surface area contributed by atoms with Gasteiger partial charge in [-0.25, -0.2) is 0 Å². The number of carbonyl (C=O) groups excluding carboxylic acids is 2. The van der Waals surface area contributed by atoms with Crippen molar-refractivity contribution in [2.75, 3.05) is 19.8 Å². The van der Waals surface area contributed by atoms with E-state index >= 15 is 0 Å². The van der Waals surface area contributed by atoms with Crippen molar-refractivity contribution in [3.63, 3.8) is 0 Å². The molecule has 6 atom stereocenters. The summed E-state index contributed by atoms with van der Waals surface area (Å²) in [5, 5.41) is 40.0. The summed E-state index contributed by atoms with van der Waals surface area (Å²) >= 11 is 0. The Morgan fingerprint density at radius 2 is 1.06 bits per heavy atom. The van der Waals surface area contributed by atoms with Crippen molar-refractivity contribution >= 4 is 11.9 Å². The second-order valence-corrected chi connectivity index (χ2v) is 14.8. The fraction of sp³-hybridized carbons (Fsp3) is 0.860. The fourth-order valence-corrected chi connectivity index (χ4v) is 6.39. The van der Waals surface area contributed by atoms with Crippen molar-refractivity contribution in [3.8, 4) is 0 Å². The number of hydrogen-bond donors (Lipinski definition) is 4. The lowest BCUT2D eigenvalue weighted by Gasteiger charge is -2.39. The summed E-state index contributed by atoms with van der Waals surface area (Å²) in [5.74, 6) is -0.818. The molecule has 0 spiro atoms. The van der Waals surface area contributed by atoms with E-state index in [1.807, 2.05) is 0 Å². The Hall–Kier alpha value is -1.82. The molecule has 1 heterocycles. The number of ether oxygens (including phenoxy) is 4. The lowest BCUT2D eigenvalue weighted by molar-refractivity contribution is -0.305. The summed E-state index contributed by atoms with van der Waals surface area (Å²) < 4.78 is 22.1. The van der Waals surface area contributed by atoms with Crippen LogP contribution in [0.4, 0.5) is 0 Å². The minimum absolute atomic E-state index is 0.216. The molecule has 1 fully saturated rings. The number of hydrogen-bond acceptors (Lipinski definition) is 10. The van der Waals surface area contributed by atoms with Gasteiger partial charge in [-0.1, -0.05) is 147 Å². The zero-order chi connectivity index (χ0) is 38.8. The standard InChI is InChI=1S/C43H78O10/c1-3-5-7-9-11-13-15-17-18-20-22-24-26-28-30-32-39(46)52-36(35-51-43-42(49)41(48)40(47)37(33-44)53-43)34-50-38(45)31-29-27-25-23-21-19-16-14-12-10-8-6-4-2/h11,13,17-18,36-37,40-44,47-49H,3-10,12,14-16,19-35H2,1-2H3/b13-11-,18-17-/t36-,37-,40+,41?,42?,43-/m1/s1. The summed E-state index contributed by atoms with van der Waals surface area (Å²) in [6, 6.07) is 0. The number of esters is 2. The molecule has 2 unspecified atom stereocenters. The fourth-order valence-electron chi connectivity index (χ4n) is 6.39. The molecule has 1 saturated heterocycles. The highest BCUT2D eigenvalue weighted by Crippen LogP contribution is 2.22. The van der Waals surface area contributed by atoms with Gasteiger partial charge in [0.1, 0.15) is 31.0 Å². The molecule has 53 heavy (non-hydrogen) atoms. The van der Waals surface area contributed by atoms with Crippen molar-refractivity contribution < 1.29 is 49.0 Å². The second kappa shape index (κ2) is 34.7. The largest absolute Gasteiger partial charge is 0.462 e. The topological polar surface area (TPSA) is 152 Å². The van der Waals surface area contributed by atoms with E-state index in [4.69, 9.17) is 18.9 Å². The third kappa shape index (κ3) is 26.6. The van der Waals surface area contributed by atoms with Gasteiger partial charge in [0.2, 0.25) is 0 Å². The van der Waals surface area contributed by atoms with E-state index in [2.05, 4.69) is 38.2 Å². The predicted octanol–water partition coefficient (Wildman–Crippen LogP) is 8.55. The van der Waals surface area contributed by atoms with Crippen LogP contribution >= 0.6 is 0 Å².